The summed E-state index contributed by atoms with van der Waals surface area (Å²) in [6.07, 6.45) is 1.49. The van der Waals surface area contributed by atoms with Crippen molar-refractivity contribution in [1.29, 1.82) is 0 Å². The van der Waals surface area contributed by atoms with Crippen LogP contribution in [0.4, 0.5) is 10.5 Å². The highest BCUT2D eigenvalue weighted by atomic mass is 35.5. The molecule has 0 aliphatic heterocycles. The largest absolute Gasteiger partial charge is 0.351 e. The van der Waals surface area contributed by atoms with E-state index in [2.05, 4.69) is 10.6 Å². The Hall–Kier alpha value is -1.79. The number of nitrogens with two attached hydrogens (primary N) is 2. The second kappa shape index (κ2) is 8.49. The van der Waals surface area contributed by atoms with Crippen molar-refractivity contribution < 1.29 is 9.59 Å². The van der Waals surface area contributed by atoms with Crippen LogP contribution in [0.15, 0.2) is 24.3 Å². The summed E-state index contributed by atoms with van der Waals surface area (Å²) in [6.45, 7) is 4.11. The lowest BCUT2D eigenvalue weighted by Crippen LogP contribution is -2.51. The lowest BCUT2D eigenvalue weighted by Gasteiger charge is -2.22. The number of rotatable bonds is 6. The van der Waals surface area contributed by atoms with Gasteiger partial charge in [-0.15, -0.1) is 12.4 Å². The van der Waals surface area contributed by atoms with Gasteiger partial charge in [-0.3, -0.25) is 4.79 Å². The lowest BCUT2D eigenvalue weighted by atomic mass is 9.96. The topological polar surface area (TPSA) is 110 Å². The Kier molecular flexibility index (Phi) is 7.76. The number of amides is 3. The van der Waals surface area contributed by atoms with Crippen molar-refractivity contribution in [3.8, 4) is 0 Å². The lowest BCUT2D eigenvalue weighted by molar-refractivity contribution is -0.126. The number of anilines is 1. The monoisotopic (exact) mass is 314 g/mol. The van der Waals surface area contributed by atoms with Gasteiger partial charge in [0.1, 0.15) is 0 Å². The zero-order chi connectivity index (χ0) is 15.2. The van der Waals surface area contributed by atoms with E-state index in [1.54, 1.807) is 31.2 Å². The van der Waals surface area contributed by atoms with E-state index >= 15 is 0 Å². The van der Waals surface area contributed by atoms with Crippen LogP contribution < -0.4 is 22.1 Å². The van der Waals surface area contributed by atoms with E-state index in [0.717, 1.165) is 12.0 Å². The van der Waals surface area contributed by atoms with Crippen LogP contribution in [0.25, 0.3) is 0 Å². The minimum absolute atomic E-state index is 0. The first-order valence-corrected chi connectivity index (χ1v) is 6.57. The quantitative estimate of drug-likeness (QED) is 0.641. The Balaban J connectivity index is 0.00000400. The standard InChI is InChI=1S/C14H22N4O2.ClH/c1-3-8-14(2,16)12(19)17-9-10-4-6-11(7-5-10)18-13(15)20;/h4-7H,3,8-9,16H2,1-2H3,(H,17,19)(H3,15,18,20);1H. The number of hydrogen-bond acceptors (Lipinski definition) is 3. The predicted molar refractivity (Wildman–Crippen MR) is 86.2 cm³/mol. The molecule has 1 atom stereocenters. The highest BCUT2D eigenvalue weighted by Gasteiger charge is 2.26. The van der Waals surface area contributed by atoms with Gasteiger partial charge in [0.15, 0.2) is 0 Å². The summed E-state index contributed by atoms with van der Waals surface area (Å²) in [6, 6.07) is 6.45. The zero-order valence-electron chi connectivity index (χ0n) is 12.3. The number of nitrogens with one attached hydrogen (secondary N) is 2. The van der Waals surface area contributed by atoms with Gasteiger partial charge in [-0.05, 0) is 31.0 Å². The second-order valence-corrected chi connectivity index (χ2v) is 5.04. The highest BCUT2D eigenvalue weighted by molar-refractivity contribution is 5.87. The van der Waals surface area contributed by atoms with Crippen molar-refractivity contribution in [3.05, 3.63) is 29.8 Å². The van der Waals surface area contributed by atoms with Crippen molar-refractivity contribution in [3.63, 3.8) is 0 Å². The molecule has 1 unspecified atom stereocenters. The Morgan fingerprint density at radius 2 is 1.81 bits per heavy atom. The molecule has 0 heterocycles. The smallest absolute Gasteiger partial charge is 0.316 e. The molecule has 0 saturated heterocycles. The van der Waals surface area contributed by atoms with Gasteiger partial charge in [-0.25, -0.2) is 4.79 Å². The van der Waals surface area contributed by atoms with Gasteiger partial charge < -0.3 is 22.1 Å². The van der Waals surface area contributed by atoms with Crippen molar-refractivity contribution in [2.45, 2.75) is 38.8 Å². The van der Waals surface area contributed by atoms with Crippen LogP contribution in [0.1, 0.15) is 32.3 Å². The molecule has 1 aromatic rings. The van der Waals surface area contributed by atoms with Gasteiger partial charge >= 0.3 is 6.03 Å². The summed E-state index contributed by atoms with van der Waals surface area (Å²) in [4.78, 5) is 22.6. The molecule has 0 fully saturated rings. The highest BCUT2D eigenvalue weighted by Crippen LogP contribution is 2.11. The Bertz CT molecular complexity index is 474. The van der Waals surface area contributed by atoms with E-state index in [1.165, 1.54) is 0 Å². The van der Waals surface area contributed by atoms with Crippen molar-refractivity contribution >= 4 is 30.0 Å². The maximum atomic E-state index is 11.9. The molecule has 7 heteroatoms. The fourth-order valence-corrected chi connectivity index (χ4v) is 1.87. The molecule has 21 heavy (non-hydrogen) atoms. The van der Waals surface area contributed by atoms with Crippen LogP contribution in [-0.2, 0) is 11.3 Å². The van der Waals surface area contributed by atoms with Crippen LogP contribution in [0, 0.1) is 0 Å². The third-order valence-corrected chi connectivity index (χ3v) is 2.96. The molecule has 3 amide bonds. The van der Waals surface area contributed by atoms with Crippen molar-refractivity contribution in [1.82, 2.24) is 5.32 Å². The van der Waals surface area contributed by atoms with E-state index in [9.17, 15) is 9.59 Å². The summed E-state index contributed by atoms with van der Waals surface area (Å²) in [5, 5.41) is 5.28. The summed E-state index contributed by atoms with van der Waals surface area (Å²) in [7, 11) is 0. The molecule has 0 saturated carbocycles. The molecule has 1 aromatic carbocycles. The van der Waals surface area contributed by atoms with Crippen LogP contribution in [0.2, 0.25) is 0 Å². The molecule has 0 aliphatic carbocycles. The number of hydrogen-bond donors (Lipinski definition) is 4. The Labute approximate surface area is 131 Å². The van der Waals surface area contributed by atoms with E-state index in [1.807, 2.05) is 6.92 Å². The molecule has 0 aliphatic rings. The first-order valence-electron chi connectivity index (χ1n) is 6.57. The Morgan fingerprint density at radius 1 is 1.24 bits per heavy atom. The second-order valence-electron chi connectivity index (χ2n) is 5.04. The van der Waals surface area contributed by atoms with Crippen molar-refractivity contribution in [2.24, 2.45) is 11.5 Å². The normalized spacial score (nSPS) is 12.7. The molecule has 0 spiro atoms. The third kappa shape index (κ3) is 6.46. The van der Waals surface area contributed by atoms with Crippen LogP contribution >= 0.6 is 12.4 Å². The van der Waals surface area contributed by atoms with Gasteiger partial charge in [0.2, 0.25) is 5.91 Å². The SMILES string of the molecule is CCCC(C)(N)C(=O)NCc1ccc(NC(N)=O)cc1.Cl. The minimum atomic E-state index is -0.845. The molecule has 6 nitrogen and oxygen atoms in total. The number of benzene rings is 1. The summed E-state index contributed by atoms with van der Waals surface area (Å²) < 4.78 is 0. The maximum Gasteiger partial charge on any atom is 0.316 e. The summed E-state index contributed by atoms with van der Waals surface area (Å²) in [5.41, 5.74) is 11.6. The molecule has 0 aromatic heterocycles. The first-order chi connectivity index (χ1) is 9.35. The molecule has 0 bridgehead atoms. The summed E-state index contributed by atoms with van der Waals surface area (Å²) >= 11 is 0. The number of halogens is 1. The first kappa shape index (κ1) is 19.2. The predicted octanol–water partition coefficient (Wildman–Crippen LogP) is 1.73. The minimum Gasteiger partial charge on any atom is -0.351 e. The van der Waals surface area contributed by atoms with E-state index in [0.29, 0.717) is 18.7 Å². The zero-order valence-corrected chi connectivity index (χ0v) is 13.1. The average molecular weight is 315 g/mol. The molecule has 118 valence electrons. The molecule has 6 N–H and O–H groups in total. The summed E-state index contributed by atoms with van der Waals surface area (Å²) in [5.74, 6) is -0.168. The molecular formula is C14H23ClN4O2. The molecule has 0 radical (unpaired) electrons. The van der Waals surface area contributed by atoms with Crippen LogP contribution in [0.5, 0.6) is 0 Å². The van der Waals surface area contributed by atoms with E-state index in [4.69, 9.17) is 11.5 Å². The maximum absolute atomic E-state index is 11.9. The van der Waals surface area contributed by atoms with Gasteiger partial charge in [-0.2, -0.15) is 0 Å². The van der Waals surface area contributed by atoms with Crippen molar-refractivity contribution in [2.75, 3.05) is 5.32 Å². The van der Waals surface area contributed by atoms with Crippen LogP contribution in [-0.4, -0.2) is 17.5 Å². The van der Waals surface area contributed by atoms with Gasteiger partial charge in [0, 0.05) is 12.2 Å². The number of carbonyl (C=O) groups excluding carboxylic acids is 2. The number of primary amides is 1. The number of carbonyl (C=O) groups is 2. The van der Waals surface area contributed by atoms with Gasteiger partial charge in [-0.1, -0.05) is 25.5 Å². The van der Waals surface area contributed by atoms with E-state index < -0.39 is 11.6 Å². The fraction of sp³-hybridized carbons (Fsp3) is 0.429. The molecular weight excluding hydrogens is 292 g/mol. The van der Waals surface area contributed by atoms with E-state index in [-0.39, 0.29) is 18.3 Å². The Morgan fingerprint density at radius 3 is 2.29 bits per heavy atom. The third-order valence-electron chi connectivity index (χ3n) is 2.96. The molecule has 1 rings (SSSR count). The number of urea groups is 1. The average Bonchev–Trinajstić information content (AvgIpc) is 2.36. The fourth-order valence-electron chi connectivity index (χ4n) is 1.87. The van der Waals surface area contributed by atoms with Gasteiger partial charge in [0.05, 0.1) is 5.54 Å². The van der Waals surface area contributed by atoms with Gasteiger partial charge in [0.25, 0.3) is 0 Å². The van der Waals surface area contributed by atoms with Crippen LogP contribution in [0.3, 0.4) is 0 Å².